The zero-order valence-corrected chi connectivity index (χ0v) is 8.82. The van der Waals surface area contributed by atoms with Crippen molar-refractivity contribution in [3.8, 4) is 0 Å². The smallest absolute Gasteiger partial charge is 0.308 e. The summed E-state index contributed by atoms with van der Waals surface area (Å²) in [6.07, 6.45) is 4.53. The minimum atomic E-state index is -0.765. The molecule has 1 unspecified atom stereocenters. The van der Waals surface area contributed by atoms with Crippen molar-refractivity contribution in [3.63, 3.8) is 0 Å². The molecule has 1 saturated carbocycles. The molecule has 0 aromatic rings. The van der Waals surface area contributed by atoms with Crippen LogP contribution in [0.15, 0.2) is 0 Å². The molecule has 2 fully saturated rings. The first-order chi connectivity index (χ1) is 7.16. The molecule has 2 aliphatic rings. The van der Waals surface area contributed by atoms with Crippen molar-refractivity contribution >= 4 is 11.9 Å². The minimum Gasteiger partial charge on any atom is -0.481 e. The summed E-state index contributed by atoms with van der Waals surface area (Å²) in [5.74, 6) is -0.183. The van der Waals surface area contributed by atoms with Gasteiger partial charge in [-0.3, -0.25) is 9.59 Å². The Morgan fingerprint density at radius 1 is 1.40 bits per heavy atom. The summed E-state index contributed by atoms with van der Waals surface area (Å²) in [5, 5.41) is 8.89. The van der Waals surface area contributed by atoms with Crippen LogP contribution in [0, 0.1) is 11.8 Å². The molecule has 1 heterocycles. The van der Waals surface area contributed by atoms with Gasteiger partial charge >= 0.3 is 5.97 Å². The number of carbonyl (C=O) groups is 2. The van der Waals surface area contributed by atoms with Crippen LogP contribution < -0.4 is 0 Å². The summed E-state index contributed by atoms with van der Waals surface area (Å²) in [7, 11) is 0. The third kappa shape index (κ3) is 2.70. The van der Waals surface area contributed by atoms with E-state index in [1.54, 1.807) is 4.90 Å². The van der Waals surface area contributed by atoms with Gasteiger partial charge in [-0.15, -0.1) is 0 Å². The summed E-state index contributed by atoms with van der Waals surface area (Å²) in [4.78, 5) is 24.1. The van der Waals surface area contributed by atoms with Crippen molar-refractivity contribution < 1.29 is 14.7 Å². The molecule has 0 bridgehead atoms. The normalized spacial score (nSPS) is 26.8. The summed E-state index contributed by atoms with van der Waals surface area (Å²) in [5.41, 5.74) is 0. The number of likely N-dealkylation sites (tertiary alicyclic amines) is 1. The highest BCUT2D eigenvalue weighted by Crippen LogP contribution is 2.33. The number of carboxylic acid groups (broad SMARTS) is 1. The highest BCUT2D eigenvalue weighted by molar-refractivity contribution is 5.80. The van der Waals surface area contributed by atoms with Crippen LogP contribution in [0.5, 0.6) is 0 Å². The average Bonchev–Trinajstić information content (AvgIpc) is 3.00. The SMILES string of the molecule is O=C(O)C1CCC(=O)N(CCC2CC2)C1. The van der Waals surface area contributed by atoms with Gasteiger partial charge in [-0.25, -0.2) is 0 Å². The topological polar surface area (TPSA) is 57.6 Å². The van der Waals surface area contributed by atoms with Gasteiger partial charge in [0.15, 0.2) is 0 Å². The molecule has 2 rings (SSSR count). The Morgan fingerprint density at radius 2 is 2.13 bits per heavy atom. The first-order valence-corrected chi connectivity index (χ1v) is 5.67. The fourth-order valence-corrected chi connectivity index (χ4v) is 2.08. The first kappa shape index (κ1) is 10.5. The van der Waals surface area contributed by atoms with Crippen molar-refractivity contribution in [2.75, 3.05) is 13.1 Å². The fourth-order valence-electron chi connectivity index (χ4n) is 2.08. The number of amides is 1. The molecule has 4 heteroatoms. The summed E-state index contributed by atoms with van der Waals surface area (Å²) in [6, 6.07) is 0. The van der Waals surface area contributed by atoms with Gasteiger partial charge in [0.2, 0.25) is 5.91 Å². The van der Waals surface area contributed by atoms with Crippen LogP contribution in [0.4, 0.5) is 0 Å². The molecular weight excluding hydrogens is 194 g/mol. The lowest BCUT2D eigenvalue weighted by atomic mass is 9.97. The van der Waals surface area contributed by atoms with E-state index in [9.17, 15) is 9.59 Å². The van der Waals surface area contributed by atoms with Crippen molar-refractivity contribution in [2.45, 2.75) is 32.1 Å². The fraction of sp³-hybridized carbons (Fsp3) is 0.818. The second-order valence-corrected chi connectivity index (χ2v) is 4.65. The zero-order chi connectivity index (χ0) is 10.8. The minimum absolute atomic E-state index is 0.133. The Kier molecular flexibility index (Phi) is 2.93. The number of aliphatic carboxylic acids is 1. The van der Waals surface area contributed by atoms with Gasteiger partial charge in [0, 0.05) is 19.5 Å². The molecule has 1 amide bonds. The molecule has 0 spiro atoms. The van der Waals surface area contributed by atoms with Crippen LogP contribution >= 0.6 is 0 Å². The van der Waals surface area contributed by atoms with Gasteiger partial charge in [-0.2, -0.15) is 0 Å². The Bertz CT molecular complexity index is 273. The Hall–Kier alpha value is -1.06. The van der Waals surface area contributed by atoms with Gasteiger partial charge in [-0.1, -0.05) is 12.8 Å². The van der Waals surface area contributed by atoms with E-state index < -0.39 is 5.97 Å². The van der Waals surface area contributed by atoms with Crippen molar-refractivity contribution in [3.05, 3.63) is 0 Å². The lowest BCUT2D eigenvalue weighted by Gasteiger charge is -2.30. The van der Waals surface area contributed by atoms with Crippen LogP contribution in [0.1, 0.15) is 32.1 Å². The second kappa shape index (κ2) is 4.21. The molecule has 15 heavy (non-hydrogen) atoms. The Morgan fingerprint density at radius 3 is 2.73 bits per heavy atom. The largest absolute Gasteiger partial charge is 0.481 e. The van der Waals surface area contributed by atoms with Crippen LogP contribution in [0.3, 0.4) is 0 Å². The van der Waals surface area contributed by atoms with E-state index in [-0.39, 0.29) is 11.8 Å². The van der Waals surface area contributed by atoms with Crippen LogP contribution in [0.25, 0.3) is 0 Å². The van der Waals surface area contributed by atoms with E-state index >= 15 is 0 Å². The molecule has 1 aliphatic carbocycles. The number of carboxylic acids is 1. The number of carbonyl (C=O) groups excluding carboxylic acids is 1. The average molecular weight is 211 g/mol. The molecule has 1 saturated heterocycles. The third-order valence-electron chi connectivity index (χ3n) is 3.35. The highest BCUT2D eigenvalue weighted by atomic mass is 16.4. The molecule has 1 N–H and O–H groups in total. The summed E-state index contributed by atoms with van der Waals surface area (Å²) >= 11 is 0. The highest BCUT2D eigenvalue weighted by Gasteiger charge is 2.31. The van der Waals surface area contributed by atoms with Crippen LogP contribution in [-0.2, 0) is 9.59 Å². The lowest BCUT2D eigenvalue weighted by molar-refractivity contribution is -0.147. The van der Waals surface area contributed by atoms with E-state index in [1.807, 2.05) is 0 Å². The van der Waals surface area contributed by atoms with E-state index in [0.717, 1.165) is 18.9 Å². The van der Waals surface area contributed by atoms with Gasteiger partial charge in [0.25, 0.3) is 0 Å². The molecule has 0 radical (unpaired) electrons. The number of piperidine rings is 1. The molecule has 1 aliphatic heterocycles. The Balaban J connectivity index is 1.83. The van der Waals surface area contributed by atoms with E-state index in [1.165, 1.54) is 12.8 Å². The maximum absolute atomic E-state index is 11.5. The number of rotatable bonds is 4. The maximum Gasteiger partial charge on any atom is 0.308 e. The van der Waals surface area contributed by atoms with Crippen molar-refractivity contribution in [2.24, 2.45) is 11.8 Å². The van der Waals surface area contributed by atoms with E-state index in [2.05, 4.69) is 0 Å². The quantitative estimate of drug-likeness (QED) is 0.757. The van der Waals surface area contributed by atoms with Crippen LogP contribution in [-0.4, -0.2) is 35.0 Å². The van der Waals surface area contributed by atoms with Crippen molar-refractivity contribution in [1.82, 2.24) is 4.90 Å². The predicted molar refractivity (Wildman–Crippen MR) is 54.3 cm³/mol. The number of nitrogens with zero attached hydrogens (tertiary/aromatic N) is 1. The number of hydrogen-bond donors (Lipinski definition) is 1. The summed E-state index contributed by atoms with van der Waals surface area (Å²) in [6.45, 7) is 1.17. The molecular formula is C11H17NO3. The van der Waals surface area contributed by atoms with Gasteiger partial charge < -0.3 is 10.0 Å². The zero-order valence-electron chi connectivity index (χ0n) is 8.82. The summed E-state index contributed by atoms with van der Waals surface area (Å²) < 4.78 is 0. The van der Waals surface area contributed by atoms with Crippen LogP contribution in [0.2, 0.25) is 0 Å². The monoisotopic (exact) mass is 211 g/mol. The van der Waals surface area contributed by atoms with E-state index in [0.29, 0.717) is 19.4 Å². The predicted octanol–water partition coefficient (Wildman–Crippen LogP) is 1.11. The lowest BCUT2D eigenvalue weighted by Crippen LogP contribution is -2.43. The molecule has 4 nitrogen and oxygen atoms in total. The molecule has 1 atom stereocenters. The first-order valence-electron chi connectivity index (χ1n) is 5.67. The molecule has 0 aromatic carbocycles. The number of hydrogen-bond acceptors (Lipinski definition) is 2. The molecule has 0 aromatic heterocycles. The van der Waals surface area contributed by atoms with Gasteiger partial charge in [0.05, 0.1) is 5.92 Å². The second-order valence-electron chi connectivity index (χ2n) is 4.65. The van der Waals surface area contributed by atoms with Crippen molar-refractivity contribution in [1.29, 1.82) is 0 Å². The maximum atomic E-state index is 11.5. The third-order valence-corrected chi connectivity index (χ3v) is 3.35. The molecule has 84 valence electrons. The van der Waals surface area contributed by atoms with Gasteiger partial charge in [0.1, 0.15) is 0 Å². The standard InChI is InChI=1S/C11H17NO3/c13-10-4-3-9(11(14)15)7-12(10)6-5-8-1-2-8/h8-9H,1-7H2,(H,14,15). The van der Waals surface area contributed by atoms with Gasteiger partial charge in [-0.05, 0) is 18.8 Å². The Labute approximate surface area is 89.3 Å². The van der Waals surface area contributed by atoms with E-state index in [4.69, 9.17) is 5.11 Å².